The van der Waals surface area contributed by atoms with Crippen LogP contribution >= 0.6 is 0 Å². The van der Waals surface area contributed by atoms with Gasteiger partial charge in [-0.2, -0.15) is 0 Å². The van der Waals surface area contributed by atoms with Crippen LogP contribution in [0.15, 0.2) is 0 Å². The van der Waals surface area contributed by atoms with E-state index in [2.05, 4.69) is 25.7 Å². The lowest BCUT2D eigenvalue weighted by Crippen LogP contribution is -2.49. The molecule has 2 fully saturated rings. The SMILES string of the molecule is CC.CC(C)(C)N1CC2COC(C2)C1. The molecule has 0 aliphatic carbocycles. The molecule has 2 heteroatoms. The normalized spacial score (nSPS) is 32.4. The third-order valence-electron chi connectivity index (χ3n) is 3.02. The summed E-state index contributed by atoms with van der Waals surface area (Å²) in [6.07, 6.45) is 1.83. The highest BCUT2D eigenvalue weighted by Gasteiger charge is 2.37. The van der Waals surface area contributed by atoms with Gasteiger partial charge in [0.15, 0.2) is 0 Å². The van der Waals surface area contributed by atoms with E-state index in [0.717, 1.165) is 19.1 Å². The summed E-state index contributed by atoms with van der Waals surface area (Å²) in [7, 11) is 0. The third kappa shape index (κ3) is 2.71. The van der Waals surface area contributed by atoms with Crippen LogP contribution in [0.5, 0.6) is 0 Å². The lowest BCUT2D eigenvalue weighted by atomic mass is 9.95. The summed E-state index contributed by atoms with van der Waals surface area (Å²) in [5.41, 5.74) is 0.324. The highest BCUT2D eigenvalue weighted by molar-refractivity contribution is 4.89. The Morgan fingerprint density at radius 3 is 2.29 bits per heavy atom. The van der Waals surface area contributed by atoms with E-state index in [1.54, 1.807) is 0 Å². The molecule has 2 saturated heterocycles. The van der Waals surface area contributed by atoms with Crippen LogP contribution in [-0.2, 0) is 4.74 Å². The van der Waals surface area contributed by atoms with Crippen LogP contribution in [0.3, 0.4) is 0 Å². The predicted octanol–water partition coefficient (Wildman–Crippen LogP) is 2.53. The summed E-state index contributed by atoms with van der Waals surface area (Å²) in [4.78, 5) is 2.55. The largest absolute Gasteiger partial charge is 0.377 e. The average Bonchev–Trinajstić information content (AvgIpc) is 2.47. The molecule has 2 aliphatic heterocycles. The van der Waals surface area contributed by atoms with Gasteiger partial charge in [0.25, 0.3) is 0 Å². The molecule has 2 bridgehead atoms. The first-order valence-electron chi connectivity index (χ1n) is 5.92. The molecule has 2 atom stereocenters. The first-order chi connectivity index (χ1) is 6.55. The van der Waals surface area contributed by atoms with Crippen LogP contribution in [0.1, 0.15) is 41.0 Å². The molecule has 2 aliphatic rings. The summed E-state index contributed by atoms with van der Waals surface area (Å²) in [5.74, 6) is 0.808. The number of hydrogen-bond donors (Lipinski definition) is 0. The maximum Gasteiger partial charge on any atom is 0.0706 e. The zero-order valence-corrected chi connectivity index (χ0v) is 10.3. The average molecular weight is 199 g/mol. The van der Waals surface area contributed by atoms with Crippen molar-refractivity contribution < 1.29 is 4.74 Å². The number of rotatable bonds is 0. The quantitative estimate of drug-likeness (QED) is 0.594. The van der Waals surface area contributed by atoms with Gasteiger partial charge in [-0.1, -0.05) is 13.8 Å². The van der Waals surface area contributed by atoms with Gasteiger partial charge in [0.2, 0.25) is 0 Å². The monoisotopic (exact) mass is 199 g/mol. The van der Waals surface area contributed by atoms with Gasteiger partial charge >= 0.3 is 0 Å². The van der Waals surface area contributed by atoms with Crippen LogP contribution in [0, 0.1) is 5.92 Å². The van der Waals surface area contributed by atoms with Crippen molar-refractivity contribution in [1.29, 1.82) is 0 Å². The highest BCUT2D eigenvalue weighted by atomic mass is 16.5. The zero-order valence-electron chi connectivity index (χ0n) is 10.3. The van der Waals surface area contributed by atoms with Crippen molar-refractivity contribution in [1.82, 2.24) is 4.90 Å². The van der Waals surface area contributed by atoms with E-state index in [-0.39, 0.29) is 0 Å². The molecule has 0 radical (unpaired) electrons. The van der Waals surface area contributed by atoms with Gasteiger partial charge in [-0.25, -0.2) is 0 Å². The Hall–Kier alpha value is -0.0800. The zero-order chi connectivity index (χ0) is 10.8. The predicted molar refractivity (Wildman–Crippen MR) is 60.5 cm³/mol. The highest BCUT2D eigenvalue weighted by Crippen LogP contribution is 2.30. The minimum absolute atomic E-state index is 0.324. The van der Waals surface area contributed by atoms with Crippen molar-refractivity contribution in [3.8, 4) is 0 Å². The first kappa shape index (κ1) is 12.0. The molecule has 0 saturated carbocycles. The standard InChI is InChI=1S/C10H19NO.C2H6/c1-10(2,3)11-5-8-4-9(6-11)12-7-8;1-2/h8-9H,4-7H2,1-3H3;1-2H3. The summed E-state index contributed by atoms with van der Waals surface area (Å²) < 4.78 is 5.66. The molecule has 2 rings (SSSR count). The number of likely N-dealkylation sites (tertiary alicyclic amines) is 1. The van der Waals surface area contributed by atoms with Crippen molar-refractivity contribution in [2.75, 3.05) is 19.7 Å². The van der Waals surface area contributed by atoms with Crippen molar-refractivity contribution in [2.24, 2.45) is 5.92 Å². The molecule has 0 amide bonds. The molecular formula is C12H25NO. The molecule has 0 aromatic rings. The molecule has 0 spiro atoms. The molecule has 2 heterocycles. The Kier molecular flexibility index (Phi) is 3.96. The van der Waals surface area contributed by atoms with Gasteiger partial charge in [-0.15, -0.1) is 0 Å². The van der Waals surface area contributed by atoms with Crippen molar-refractivity contribution in [2.45, 2.75) is 52.7 Å². The Labute approximate surface area is 88.6 Å². The molecule has 0 N–H and O–H groups in total. The lowest BCUT2D eigenvalue weighted by Gasteiger charge is -2.40. The maximum absolute atomic E-state index is 5.66. The lowest BCUT2D eigenvalue weighted by molar-refractivity contribution is 0.0433. The minimum Gasteiger partial charge on any atom is -0.377 e. The Bertz CT molecular complexity index is 162. The number of hydrogen-bond acceptors (Lipinski definition) is 2. The molecule has 0 aromatic carbocycles. The summed E-state index contributed by atoms with van der Waals surface area (Å²) >= 11 is 0. The van der Waals surface area contributed by atoms with Gasteiger partial charge in [0.05, 0.1) is 12.7 Å². The van der Waals surface area contributed by atoms with Gasteiger partial charge in [0.1, 0.15) is 0 Å². The van der Waals surface area contributed by atoms with Crippen molar-refractivity contribution in [3.05, 3.63) is 0 Å². The molecule has 14 heavy (non-hydrogen) atoms. The number of nitrogens with zero attached hydrogens (tertiary/aromatic N) is 1. The van der Waals surface area contributed by atoms with E-state index >= 15 is 0 Å². The molecule has 2 unspecified atom stereocenters. The first-order valence-corrected chi connectivity index (χ1v) is 5.92. The van der Waals surface area contributed by atoms with Crippen LogP contribution in [0.2, 0.25) is 0 Å². The number of ether oxygens (including phenoxy) is 1. The Morgan fingerprint density at radius 1 is 1.14 bits per heavy atom. The van der Waals surface area contributed by atoms with E-state index in [1.807, 2.05) is 13.8 Å². The molecule has 84 valence electrons. The number of fused-ring (bicyclic) bond motifs is 2. The second-order valence-corrected chi connectivity index (χ2v) is 5.13. The van der Waals surface area contributed by atoms with E-state index in [0.29, 0.717) is 11.6 Å². The smallest absolute Gasteiger partial charge is 0.0706 e. The Morgan fingerprint density at radius 2 is 1.79 bits per heavy atom. The van der Waals surface area contributed by atoms with E-state index in [4.69, 9.17) is 4.74 Å². The van der Waals surface area contributed by atoms with Crippen LogP contribution in [0.25, 0.3) is 0 Å². The Balaban J connectivity index is 0.000000461. The summed E-state index contributed by atoms with van der Waals surface area (Å²) in [5, 5.41) is 0. The van der Waals surface area contributed by atoms with Crippen LogP contribution < -0.4 is 0 Å². The minimum atomic E-state index is 0.324. The van der Waals surface area contributed by atoms with Crippen LogP contribution in [0.4, 0.5) is 0 Å². The van der Waals surface area contributed by atoms with Gasteiger partial charge < -0.3 is 4.74 Å². The fourth-order valence-corrected chi connectivity index (χ4v) is 2.21. The summed E-state index contributed by atoms with van der Waals surface area (Å²) in [6.45, 7) is 14.2. The molecule has 0 aromatic heterocycles. The third-order valence-corrected chi connectivity index (χ3v) is 3.02. The topological polar surface area (TPSA) is 12.5 Å². The summed E-state index contributed by atoms with van der Waals surface area (Å²) in [6, 6.07) is 0. The van der Waals surface area contributed by atoms with Crippen molar-refractivity contribution in [3.63, 3.8) is 0 Å². The van der Waals surface area contributed by atoms with Gasteiger partial charge in [0, 0.05) is 18.6 Å². The van der Waals surface area contributed by atoms with Gasteiger partial charge in [-0.05, 0) is 33.1 Å². The van der Waals surface area contributed by atoms with E-state index in [9.17, 15) is 0 Å². The molecule has 2 nitrogen and oxygen atoms in total. The fraction of sp³-hybridized carbons (Fsp3) is 1.00. The fourth-order valence-electron chi connectivity index (χ4n) is 2.21. The van der Waals surface area contributed by atoms with Crippen molar-refractivity contribution >= 4 is 0 Å². The molecular weight excluding hydrogens is 174 g/mol. The number of piperidine rings is 1. The van der Waals surface area contributed by atoms with E-state index in [1.165, 1.54) is 13.0 Å². The van der Waals surface area contributed by atoms with E-state index < -0.39 is 0 Å². The van der Waals surface area contributed by atoms with Gasteiger partial charge in [-0.3, -0.25) is 4.90 Å². The maximum atomic E-state index is 5.66. The second kappa shape index (κ2) is 4.63. The van der Waals surface area contributed by atoms with Crippen LogP contribution in [-0.4, -0.2) is 36.2 Å². The second-order valence-electron chi connectivity index (χ2n) is 5.13.